The van der Waals surface area contributed by atoms with Crippen LogP contribution in [-0.4, -0.2) is 20.3 Å². The van der Waals surface area contributed by atoms with Gasteiger partial charge in [-0.25, -0.2) is 0 Å². The van der Waals surface area contributed by atoms with Crippen molar-refractivity contribution in [3.63, 3.8) is 0 Å². The zero-order chi connectivity index (χ0) is 18.5. The maximum atomic E-state index is 12.4. The van der Waals surface area contributed by atoms with Gasteiger partial charge in [0.05, 0.1) is 5.69 Å². The highest BCUT2D eigenvalue weighted by Gasteiger charge is 2.11. The van der Waals surface area contributed by atoms with Gasteiger partial charge in [-0.1, -0.05) is 36.4 Å². The SMILES string of the molecule is Cc1nn(C)c(C)c1CCC(=O)N=c1ccccn1Cc1ccccc1. The van der Waals surface area contributed by atoms with Gasteiger partial charge in [0.2, 0.25) is 5.91 Å². The lowest BCUT2D eigenvalue weighted by molar-refractivity contribution is -0.118. The first-order valence-corrected chi connectivity index (χ1v) is 8.80. The molecule has 134 valence electrons. The minimum atomic E-state index is -0.110. The van der Waals surface area contributed by atoms with Crippen LogP contribution in [0.1, 0.15) is 28.9 Å². The molecular weight excluding hydrogens is 324 g/mol. The van der Waals surface area contributed by atoms with Crippen molar-refractivity contribution < 1.29 is 4.79 Å². The third kappa shape index (κ3) is 4.17. The van der Waals surface area contributed by atoms with E-state index in [0.29, 0.717) is 24.9 Å². The Morgan fingerprint density at radius 3 is 2.50 bits per heavy atom. The molecule has 1 aromatic carbocycles. The number of carbonyl (C=O) groups is 1. The van der Waals surface area contributed by atoms with Crippen LogP contribution in [0.5, 0.6) is 0 Å². The van der Waals surface area contributed by atoms with E-state index in [1.165, 1.54) is 5.56 Å². The number of hydrogen-bond donors (Lipinski definition) is 0. The fraction of sp³-hybridized carbons (Fsp3) is 0.286. The van der Waals surface area contributed by atoms with Crippen molar-refractivity contribution >= 4 is 5.91 Å². The molecule has 0 aliphatic carbocycles. The van der Waals surface area contributed by atoms with Crippen LogP contribution in [0.3, 0.4) is 0 Å². The van der Waals surface area contributed by atoms with Gasteiger partial charge in [0, 0.05) is 31.9 Å². The fourth-order valence-electron chi connectivity index (χ4n) is 3.08. The lowest BCUT2D eigenvalue weighted by Gasteiger charge is -2.07. The van der Waals surface area contributed by atoms with E-state index in [-0.39, 0.29) is 5.91 Å². The van der Waals surface area contributed by atoms with Crippen LogP contribution in [0.4, 0.5) is 0 Å². The van der Waals surface area contributed by atoms with Crippen molar-refractivity contribution in [3.05, 3.63) is 82.7 Å². The maximum Gasteiger partial charge on any atom is 0.247 e. The van der Waals surface area contributed by atoms with Crippen LogP contribution < -0.4 is 5.49 Å². The van der Waals surface area contributed by atoms with Crippen LogP contribution in [-0.2, 0) is 24.8 Å². The van der Waals surface area contributed by atoms with Gasteiger partial charge >= 0.3 is 0 Å². The average molecular weight is 348 g/mol. The Labute approximate surface area is 153 Å². The topological polar surface area (TPSA) is 52.2 Å². The quantitative estimate of drug-likeness (QED) is 0.712. The molecule has 3 aromatic rings. The van der Waals surface area contributed by atoms with E-state index in [0.717, 1.165) is 17.0 Å². The summed E-state index contributed by atoms with van der Waals surface area (Å²) in [5.74, 6) is -0.110. The van der Waals surface area contributed by atoms with Gasteiger partial charge in [-0.2, -0.15) is 10.1 Å². The van der Waals surface area contributed by atoms with Crippen LogP contribution in [0.25, 0.3) is 0 Å². The summed E-state index contributed by atoms with van der Waals surface area (Å²) in [6.45, 7) is 4.70. The Morgan fingerprint density at radius 2 is 1.81 bits per heavy atom. The van der Waals surface area contributed by atoms with Crippen molar-refractivity contribution in [2.75, 3.05) is 0 Å². The van der Waals surface area contributed by atoms with E-state index < -0.39 is 0 Å². The Kier molecular flexibility index (Phi) is 5.46. The number of aryl methyl sites for hydroxylation is 2. The lowest BCUT2D eigenvalue weighted by atomic mass is 10.1. The molecule has 0 saturated carbocycles. The molecular formula is C21H24N4O. The van der Waals surface area contributed by atoms with Gasteiger partial charge in [-0.15, -0.1) is 0 Å². The zero-order valence-corrected chi connectivity index (χ0v) is 15.5. The van der Waals surface area contributed by atoms with E-state index in [1.807, 2.05) is 72.7 Å². The van der Waals surface area contributed by atoms with E-state index in [9.17, 15) is 4.79 Å². The Morgan fingerprint density at radius 1 is 1.08 bits per heavy atom. The summed E-state index contributed by atoms with van der Waals surface area (Å²) in [6, 6.07) is 15.9. The van der Waals surface area contributed by atoms with Crippen LogP contribution in [0, 0.1) is 13.8 Å². The van der Waals surface area contributed by atoms with Crippen LogP contribution in [0.2, 0.25) is 0 Å². The van der Waals surface area contributed by atoms with E-state index in [2.05, 4.69) is 22.2 Å². The highest BCUT2D eigenvalue weighted by Crippen LogP contribution is 2.14. The molecule has 0 radical (unpaired) electrons. The number of pyridine rings is 1. The van der Waals surface area contributed by atoms with Gasteiger partial charge in [0.25, 0.3) is 0 Å². The zero-order valence-electron chi connectivity index (χ0n) is 15.5. The molecule has 0 spiro atoms. The molecule has 0 unspecified atom stereocenters. The molecule has 2 aromatic heterocycles. The summed E-state index contributed by atoms with van der Waals surface area (Å²) in [6.07, 6.45) is 3.00. The normalized spacial score (nSPS) is 11.7. The third-order valence-corrected chi connectivity index (χ3v) is 4.60. The molecule has 0 N–H and O–H groups in total. The first-order chi connectivity index (χ1) is 12.5. The number of aromatic nitrogens is 3. The van der Waals surface area contributed by atoms with Crippen molar-refractivity contribution in [3.8, 4) is 0 Å². The number of rotatable bonds is 5. The second-order valence-corrected chi connectivity index (χ2v) is 6.45. The summed E-state index contributed by atoms with van der Waals surface area (Å²) >= 11 is 0. The van der Waals surface area contributed by atoms with Gasteiger partial charge in [0.15, 0.2) is 0 Å². The lowest BCUT2D eigenvalue weighted by Crippen LogP contribution is -2.22. The smallest absolute Gasteiger partial charge is 0.247 e. The van der Waals surface area contributed by atoms with E-state index in [1.54, 1.807) is 0 Å². The molecule has 0 aliphatic heterocycles. The van der Waals surface area contributed by atoms with Gasteiger partial charge in [0.1, 0.15) is 5.49 Å². The molecule has 26 heavy (non-hydrogen) atoms. The predicted octanol–water partition coefficient (Wildman–Crippen LogP) is 2.95. The standard InChI is InChI=1S/C21H24N4O/c1-16-19(17(2)24(3)23-16)12-13-21(26)22-20-11-7-8-14-25(20)15-18-9-5-4-6-10-18/h4-11,14H,12-13,15H2,1-3H3. The third-order valence-electron chi connectivity index (χ3n) is 4.60. The number of benzene rings is 1. The molecule has 5 nitrogen and oxygen atoms in total. The van der Waals surface area contributed by atoms with Crippen molar-refractivity contribution in [2.45, 2.75) is 33.2 Å². The molecule has 0 saturated heterocycles. The molecule has 5 heteroatoms. The Hall–Kier alpha value is -2.95. The highest BCUT2D eigenvalue weighted by molar-refractivity contribution is 5.77. The van der Waals surface area contributed by atoms with E-state index in [4.69, 9.17) is 0 Å². The van der Waals surface area contributed by atoms with Gasteiger partial charge in [-0.05, 0) is 43.5 Å². The first kappa shape index (κ1) is 17.9. The molecule has 2 heterocycles. The van der Waals surface area contributed by atoms with Crippen LogP contribution in [0.15, 0.2) is 59.7 Å². The number of amides is 1. The number of hydrogen-bond acceptors (Lipinski definition) is 2. The minimum absolute atomic E-state index is 0.110. The number of carbonyl (C=O) groups excluding carboxylic acids is 1. The second kappa shape index (κ2) is 7.95. The fourth-order valence-corrected chi connectivity index (χ4v) is 3.08. The maximum absolute atomic E-state index is 12.4. The molecule has 0 atom stereocenters. The van der Waals surface area contributed by atoms with Crippen molar-refractivity contribution in [2.24, 2.45) is 12.0 Å². The summed E-state index contributed by atoms with van der Waals surface area (Å²) in [5.41, 5.74) is 5.09. The summed E-state index contributed by atoms with van der Waals surface area (Å²) in [5, 5.41) is 4.40. The summed E-state index contributed by atoms with van der Waals surface area (Å²) < 4.78 is 3.85. The molecule has 3 rings (SSSR count). The molecule has 1 amide bonds. The Bertz CT molecular complexity index is 967. The second-order valence-electron chi connectivity index (χ2n) is 6.45. The Balaban J connectivity index is 1.76. The van der Waals surface area contributed by atoms with Gasteiger partial charge in [-0.3, -0.25) is 9.48 Å². The highest BCUT2D eigenvalue weighted by atomic mass is 16.1. The minimum Gasteiger partial charge on any atom is -0.329 e. The average Bonchev–Trinajstić information content (AvgIpc) is 2.88. The van der Waals surface area contributed by atoms with Gasteiger partial charge < -0.3 is 4.57 Å². The molecule has 0 bridgehead atoms. The van der Waals surface area contributed by atoms with Crippen molar-refractivity contribution in [1.82, 2.24) is 14.3 Å². The first-order valence-electron chi connectivity index (χ1n) is 8.80. The van der Waals surface area contributed by atoms with E-state index >= 15 is 0 Å². The molecule has 0 fully saturated rings. The molecule has 0 aliphatic rings. The summed E-state index contributed by atoms with van der Waals surface area (Å²) in [7, 11) is 1.93. The predicted molar refractivity (Wildman–Crippen MR) is 102 cm³/mol. The van der Waals surface area contributed by atoms with Crippen molar-refractivity contribution in [1.29, 1.82) is 0 Å². The van der Waals surface area contributed by atoms with Crippen LogP contribution >= 0.6 is 0 Å². The summed E-state index contributed by atoms with van der Waals surface area (Å²) in [4.78, 5) is 16.7. The largest absolute Gasteiger partial charge is 0.329 e. The monoisotopic (exact) mass is 348 g/mol. The number of nitrogens with zero attached hydrogens (tertiary/aromatic N) is 4.